The van der Waals surface area contributed by atoms with Gasteiger partial charge in [0.2, 0.25) is 0 Å². The predicted molar refractivity (Wildman–Crippen MR) is 97.6 cm³/mol. The molecule has 124 valence electrons. The van der Waals surface area contributed by atoms with Gasteiger partial charge in [-0.3, -0.25) is 10.0 Å². The van der Waals surface area contributed by atoms with Crippen molar-refractivity contribution in [1.29, 1.82) is 0 Å². The number of hydrogen-bond donors (Lipinski definition) is 1. The smallest absolute Gasteiger partial charge is 0.172 e. The van der Waals surface area contributed by atoms with E-state index in [0.717, 1.165) is 29.9 Å². The fourth-order valence-electron chi connectivity index (χ4n) is 2.88. The molecule has 1 aromatic carbocycles. The van der Waals surface area contributed by atoms with E-state index < -0.39 is 0 Å². The Hall–Kier alpha value is -1.98. The number of hydrogen-bond acceptors (Lipinski definition) is 5. The number of rotatable bonds is 4. The third kappa shape index (κ3) is 2.78. The number of fused-ring (bicyclic) bond motifs is 2. The van der Waals surface area contributed by atoms with E-state index in [1.807, 2.05) is 36.5 Å². The topological polar surface area (TPSA) is 53.4 Å². The summed E-state index contributed by atoms with van der Waals surface area (Å²) >= 11 is 6.47. The molecule has 0 bridgehead atoms. The summed E-state index contributed by atoms with van der Waals surface area (Å²) in [5.41, 5.74) is 5.96. The lowest BCUT2D eigenvalue weighted by atomic mass is 10.1. The minimum absolute atomic E-state index is 0.316. The lowest BCUT2D eigenvalue weighted by molar-refractivity contribution is 0.493. The number of halogens is 1. The van der Waals surface area contributed by atoms with Gasteiger partial charge < -0.3 is 0 Å². The van der Waals surface area contributed by atoms with Gasteiger partial charge in [0.1, 0.15) is 11.4 Å². The molecule has 6 heteroatoms. The highest BCUT2D eigenvalue weighted by atomic mass is 35.5. The van der Waals surface area contributed by atoms with Crippen molar-refractivity contribution in [2.75, 3.05) is 5.01 Å². The molecule has 1 N–H and O–H groups in total. The summed E-state index contributed by atoms with van der Waals surface area (Å²) in [5, 5.41) is 2.54. The highest BCUT2D eigenvalue weighted by molar-refractivity contribution is 6.32. The Labute approximate surface area is 146 Å². The molecule has 0 spiro atoms. The van der Waals surface area contributed by atoms with Crippen LogP contribution in [0.1, 0.15) is 32.4 Å². The van der Waals surface area contributed by atoms with Crippen LogP contribution in [0.25, 0.3) is 11.3 Å². The molecule has 1 aromatic heterocycles. The van der Waals surface area contributed by atoms with Gasteiger partial charge in [-0.15, -0.1) is 0 Å². The average molecular weight is 342 g/mol. The minimum atomic E-state index is 0.316. The van der Waals surface area contributed by atoms with E-state index in [1.165, 1.54) is 0 Å². The molecule has 0 amide bonds. The van der Waals surface area contributed by atoms with E-state index in [-0.39, 0.29) is 0 Å². The molecule has 2 aromatic rings. The van der Waals surface area contributed by atoms with Crippen molar-refractivity contribution in [2.24, 2.45) is 4.99 Å². The largest absolute Gasteiger partial charge is 0.285 e. The lowest BCUT2D eigenvalue weighted by Crippen LogP contribution is -2.46. The minimum Gasteiger partial charge on any atom is -0.285 e. The standard InChI is InChI=1S/C18H20ClN5/c1-3-11(2)23-24-15-9-13(15)20-10-14-18(24)22-17(19)16(21-14)12-7-5-4-6-8-12/h4-8,10-11,13,15,23H,3,9H2,1-2H3. The van der Waals surface area contributed by atoms with Crippen molar-refractivity contribution in [2.45, 2.75) is 44.8 Å². The molecule has 0 radical (unpaired) electrons. The van der Waals surface area contributed by atoms with Crippen LogP contribution in [0.5, 0.6) is 0 Å². The highest BCUT2D eigenvalue weighted by Crippen LogP contribution is 2.38. The predicted octanol–water partition coefficient (Wildman–Crippen LogP) is 3.48. The number of benzene rings is 1. The Morgan fingerprint density at radius 2 is 2.08 bits per heavy atom. The van der Waals surface area contributed by atoms with Crippen LogP contribution in [0.2, 0.25) is 5.15 Å². The number of anilines is 1. The maximum atomic E-state index is 6.47. The van der Waals surface area contributed by atoms with Gasteiger partial charge in [-0.25, -0.2) is 15.4 Å². The first-order valence-electron chi connectivity index (χ1n) is 8.39. The van der Waals surface area contributed by atoms with Crippen LogP contribution in [-0.4, -0.2) is 34.3 Å². The third-order valence-corrected chi connectivity index (χ3v) is 4.82. The summed E-state index contributed by atoms with van der Waals surface area (Å²) in [7, 11) is 0. The maximum absolute atomic E-state index is 6.47. The Bertz CT molecular complexity index is 776. The van der Waals surface area contributed by atoms with E-state index in [4.69, 9.17) is 16.6 Å². The Kier molecular flexibility index (Phi) is 3.98. The molecule has 0 saturated heterocycles. The normalized spacial score (nSPS) is 22.5. The molecule has 1 aliphatic heterocycles. The SMILES string of the molecule is CCC(C)NN1c2nc(Cl)c(-c3ccccc3)nc2C=NC2CC21. The Morgan fingerprint density at radius 3 is 2.83 bits per heavy atom. The number of aromatic nitrogens is 2. The lowest BCUT2D eigenvalue weighted by Gasteiger charge is -2.28. The van der Waals surface area contributed by atoms with E-state index in [1.54, 1.807) is 0 Å². The zero-order chi connectivity index (χ0) is 16.7. The zero-order valence-electron chi connectivity index (χ0n) is 13.8. The van der Waals surface area contributed by atoms with Crippen LogP contribution in [0.4, 0.5) is 5.82 Å². The molecular formula is C18H20ClN5. The van der Waals surface area contributed by atoms with E-state index in [9.17, 15) is 0 Å². The van der Waals surface area contributed by atoms with Gasteiger partial charge in [0.05, 0.1) is 18.3 Å². The summed E-state index contributed by atoms with van der Waals surface area (Å²) in [5.74, 6) is 0.772. The average Bonchev–Trinajstić information content (AvgIpc) is 3.38. The zero-order valence-corrected chi connectivity index (χ0v) is 14.5. The number of nitrogens with zero attached hydrogens (tertiary/aromatic N) is 4. The van der Waals surface area contributed by atoms with Crippen LogP contribution in [0.3, 0.4) is 0 Å². The summed E-state index contributed by atoms with van der Waals surface area (Å²) < 4.78 is 0. The van der Waals surface area contributed by atoms with Crippen LogP contribution in [-0.2, 0) is 0 Å². The number of nitrogens with one attached hydrogen (secondary N) is 1. The molecule has 4 rings (SSSR count). The van der Waals surface area contributed by atoms with E-state index in [0.29, 0.717) is 29.0 Å². The van der Waals surface area contributed by atoms with Crippen molar-refractivity contribution in [3.63, 3.8) is 0 Å². The first kappa shape index (κ1) is 15.5. The summed E-state index contributed by atoms with van der Waals surface area (Å²) in [6.07, 6.45) is 3.92. The van der Waals surface area contributed by atoms with Crippen LogP contribution >= 0.6 is 11.6 Å². The first-order valence-corrected chi connectivity index (χ1v) is 8.76. The van der Waals surface area contributed by atoms with Crippen molar-refractivity contribution in [3.8, 4) is 11.3 Å². The van der Waals surface area contributed by atoms with Gasteiger partial charge in [-0.2, -0.15) is 0 Å². The summed E-state index contributed by atoms with van der Waals surface area (Å²) in [6, 6.07) is 10.9. The second kappa shape index (κ2) is 6.15. The summed E-state index contributed by atoms with van der Waals surface area (Å²) in [4.78, 5) is 14.1. The third-order valence-electron chi connectivity index (χ3n) is 4.55. The highest BCUT2D eigenvalue weighted by Gasteiger charge is 2.45. The first-order chi connectivity index (χ1) is 11.7. The quantitative estimate of drug-likeness (QED) is 0.925. The molecule has 3 unspecified atom stereocenters. The molecule has 24 heavy (non-hydrogen) atoms. The second-order valence-corrected chi connectivity index (χ2v) is 6.75. The van der Waals surface area contributed by atoms with Gasteiger partial charge in [-0.1, -0.05) is 48.9 Å². The molecule has 5 nitrogen and oxygen atoms in total. The van der Waals surface area contributed by atoms with E-state index >= 15 is 0 Å². The van der Waals surface area contributed by atoms with Crippen molar-refractivity contribution < 1.29 is 0 Å². The van der Waals surface area contributed by atoms with Crippen molar-refractivity contribution in [3.05, 3.63) is 41.2 Å². The Morgan fingerprint density at radius 1 is 1.29 bits per heavy atom. The van der Waals surface area contributed by atoms with Crippen LogP contribution in [0, 0.1) is 0 Å². The number of hydrazine groups is 1. The second-order valence-electron chi connectivity index (χ2n) is 6.39. The molecule has 3 atom stereocenters. The van der Waals surface area contributed by atoms with Crippen molar-refractivity contribution >= 4 is 23.6 Å². The molecule has 1 aliphatic carbocycles. The molecule has 1 saturated carbocycles. The van der Waals surface area contributed by atoms with Gasteiger partial charge in [0, 0.05) is 11.6 Å². The molecule has 1 fully saturated rings. The van der Waals surface area contributed by atoms with Crippen LogP contribution in [0.15, 0.2) is 35.3 Å². The molecule has 2 aliphatic rings. The fourth-order valence-corrected chi connectivity index (χ4v) is 3.11. The molecule has 2 heterocycles. The molecular weight excluding hydrogens is 322 g/mol. The van der Waals surface area contributed by atoms with Gasteiger partial charge >= 0.3 is 0 Å². The van der Waals surface area contributed by atoms with E-state index in [2.05, 4.69) is 34.3 Å². The summed E-state index contributed by atoms with van der Waals surface area (Å²) in [6.45, 7) is 4.32. The maximum Gasteiger partial charge on any atom is 0.172 e. The fraction of sp³-hybridized carbons (Fsp3) is 0.389. The van der Waals surface area contributed by atoms with Crippen LogP contribution < -0.4 is 10.4 Å². The van der Waals surface area contributed by atoms with Gasteiger partial charge in [0.25, 0.3) is 0 Å². The van der Waals surface area contributed by atoms with Gasteiger partial charge in [0.15, 0.2) is 11.0 Å². The Balaban J connectivity index is 1.77. The number of aliphatic imine (C=N–C) groups is 1. The van der Waals surface area contributed by atoms with Crippen molar-refractivity contribution in [1.82, 2.24) is 15.4 Å². The monoisotopic (exact) mass is 341 g/mol. The van der Waals surface area contributed by atoms with Gasteiger partial charge in [-0.05, 0) is 19.8 Å².